The van der Waals surface area contributed by atoms with Crippen LogP contribution in [0.25, 0.3) is 0 Å². The molecule has 1 aliphatic carbocycles. The molecule has 0 amide bonds. The van der Waals surface area contributed by atoms with Crippen molar-refractivity contribution in [2.45, 2.75) is 58.5 Å². The Hall–Kier alpha value is -0.0400. The minimum atomic E-state index is 0.535. The molecule has 1 nitrogen and oxygen atoms in total. The number of fused-ring (bicyclic) bond motifs is 3. The summed E-state index contributed by atoms with van der Waals surface area (Å²) in [5.74, 6) is 2.13. The molecule has 0 N–H and O–H groups in total. The van der Waals surface area contributed by atoms with Gasteiger partial charge in [0, 0.05) is 12.1 Å². The summed E-state index contributed by atoms with van der Waals surface area (Å²) in [5, 5.41) is 0. The van der Waals surface area contributed by atoms with Gasteiger partial charge in [-0.25, -0.2) is 0 Å². The number of hydrogen-bond donors (Lipinski definition) is 0. The Morgan fingerprint density at radius 2 is 1.86 bits per heavy atom. The van der Waals surface area contributed by atoms with Crippen molar-refractivity contribution in [3.63, 3.8) is 0 Å². The van der Waals surface area contributed by atoms with E-state index in [2.05, 4.69) is 25.7 Å². The quantitative estimate of drug-likeness (QED) is 0.619. The molecule has 0 radical (unpaired) electrons. The zero-order valence-corrected chi connectivity index (χ0v) is 9.79. The van der Waals surface area contributed by atoms with Crippen LogP contribution in [-0.2, 0) is 0 Å². The lowest BCUT2D eigenvalue weighted by atomic mass is 9.80. The van der Waals surface area contributed by atoms with Gasteiger partial charge < -0.3 is 0 Å². The van der Waals surface area contributed by atoms with Crippen LogP contribution in [-0.4, -0.2) is 23.5 Å². The van der Waals surface area contributed by atoms with Crippen molar-refractivity contribution < 1.29 is 0 Å². The van der Waals surface area contributed by atoms with Crippen molar-refractivity contribution in [1.29, 1.82) is 0 Å². The standard InChI is InChI=1S/C13H23N/c1-13(2,3)8-9-4-5-14-11(9)6-10-7-12(10)14/h9-12H,4-8H2,1-3H3. The van der Waals surface area contributed by atoms with E-state index in [1.807, 2.05) is 0 Å². The fourth-order valence-electron chi connectivity index (χ4n) is 3.91. The second-order valence-electron chi connectivity index (χ2n) is 6.92. The molecule has 3 fully saturated rings. The normalized spacial score (nSPS) is 46.5. The maximum atomic E-state index is 2.83. The molecule has 0 aromatic rings. The highest BCUT2D eigenvalue weighted by Crippen LogP contribution is 2.54. The molecular weight excluding hydrogens is 170 g/mol. The first-order valence-electron chi connectivity index (χ1n) is 6.30. The van der Waals surface area contributed by atoms with Crippen molar-refractivity contribution in [3.8, 4) is 0 Å². The summed E-state index contributed by atoms with van der Waals surface area (Å²) in [5.41, 5.74) is 0.535. The van der Waals surface area contributed by atoms with Crippen LogP contribution in [0.2, 0.25) is 0 Å². The van der Waals surface area contributed by atoms with Crippen LogP contribution in [0.3, 0.4) is 0 Å². The molecule has 80 valence electrons. The Balaban J connectivity index is 1.66. The number of piperidine rings is 1. The van der Waals surface area contributed by atoms with Crippen LogP contribution in [0.4, 0.5) is 0 Å². The first-order valence-corrected chi connectivity index (χ1v) is 6.30. The molecule has 0 aromatic carbocycles. The van der Waals surface area contributed by atoms with E-state index >= 15 is 0 Å². The molecule has 2 saturated heterocycles. The predicted octanol–water partition coefficient (Wildman–Crippen LogP) is 2.91. The highest BCUT2D eigenvalue weighted by atomic mass is 15.3. The lowest BCUT2D eigenvalue weighted by Gasteiger charge is -2.28. The van der Waals surface area contributed by atoms with Crippen molar-refractivity contribution in [1.82, 2.24) is 4.90 Å². The monoisotopic (exact) mass is 193 g/mol. The van der Waals surface area contributed by atoms with E-state index in [4.69, 9.17) is 0 Å². The smallest absolute Gasteiger partial charge is 0.0131 e. The van der Waals surface area contributed by atoms with Gasteiger partial charge in [-0.1, -0.05) is 20.8 Å². The molecule has 3 rings (SSSR count). The van der Waals surface area contributed by atoms with Gasteiger partial charge in [-0.15, -0.1) is 0 Å². The van der Waals surface area contributed by atoms with Crippen molar-refractivity contribution in [2.24, 2.45) is 17.3 Å². The van der Waals surface area contributed by atoms with Crippen LogP contribution in [0, 0.1) is 17.3 Å². The van der Waals surface area contributed by atoms with Gasteiger partial charge in [-0.3, -0.25) is 4.90 Å². The first kappa shape index (κ1) is 9.21. The molecule has 1 saturated carbocycles. The topological polar surface area (TPSA) is 3.24 Å². The average Bonchev–Trinajstić information content (AvgIpc) is 2.56. The molecule has 0 bridgehead atoms. The maximum absolute atomic E-state index is 2.83. The summed E-state index contributed by atoms with van der Waals surface area (Å²) >= 11 is 0. The minimum absolute atomic E-state index is 0.535. The van der Waals surface area contributed by atoms with E-state index in [0.717, 1.165) is 23.9 Å². The lowest BCUT2D eigenvalue weighted by molar-refractivity contribution is 0.210. The molecule has 0 aromatic heterocycles. The zero-order chi connectivity index (χ0) is 9.92. The number of hydrogen-bond acceptors (Lipinski definition) is 1. The summed E-state index contributed by atoms with van der Waals surface area (Å²) in [6.45, 7) is 8.59. The highest BCUT2D eigenvalue weighted by Gasteiger charge is 2.55. The van der Waals surface area contributed by atoms with Gasteiger partial charge in [0.15, 0.2) is 0 Å². The summed E-state index contributed by atoms with van der Waals surface area (Å²) in [7, 11) is 0. The average molecular weight is 193 g/mol. The molecule has 3 aliphatic rings. The van der Waals surface area contributed by atoms with Crippen molar-refractivity contribution in [2.75, 3.05) is 6.54 Å². The Labute approximate surface area is 87.9 Å². The van der Waals surface area contributed by atoms with Crippen LogP contribution < -0.4 is 0 Å². The van der Waals surface area contributed by atoms with E-state index in [-0.39, 0.29) is 0 Å². The van der Waals surface area contributed by atoms with E-state index < -0.39 is 0 Å². The van der Waals surface area contributed by atoms with Gasteiger partial charge in [0.1, 0.15) is 0 Å². The van der Waals surface area contributed by atoms with E-state index in [9.17, 15) is 0 Å². The lowest BCUT2D eigenvalue weighted by Crippen LogP contribution is -2.31. The van der Waals surface area contributed by atoms with Gasteiger partial charge in [-0.2, -0.15) is 0 Å². The van der Waals surface area contributed by atoms with E-state index in [1.54, 1.807) is 0 Å². The SMILES string of the molecule is CC(C)(C)CC1CCN2C3CC3CC12. The highest BCUT2D eigenvalue weighted by molar-refractivity contribution is 5.10. The molecule has 4 unspecified atom stereocenters. The Morgan fingerprint density at radius 1 is 1.14 bits per heavy atom. The summed E-state index contributed by atoms with van der Waals surface area (Å²) in [6, 6.07) is 2.02. The van der Waals surface area contributed by atoms with E-state index in [1.165, 1.54) is 32.2 Å². The third kappa shape index (κ3) is 1.41. The molecule has 2 heterocycles. The third-order valence-corrected chi connectivity index (χ3v) is 4.46. The summed E-state index contributed by atoms with van der Waals surface area (Å²) in [4.78, 5) is 2.83. The molecule has 1 heteroatoms. The summed E-state index contributed by atoms with van der Waals surface area (Å²) < 4.78 is 0. The largest absolute Gasteiger partial charge is 0.297 e. The van der Waals surface area contributed by atoms with Crippen LogP contribution in [0.1, 0.15) is 46.5 Å². The summed E-state index contributed by atoms with van der Waals surface area (Å²) in [6.07, 6.45) is 5.98. The third-order valence-electron chi connectivity index (χ3n) is 4.46. The van der Waals surface area contributed by atoms with Crippen molar-refractivity contribution in [3.05, 3.63) is 0 Å². The van der Waals surface area contributed by atoms with Gasteiger partial charge in [0.05, 0.1) is 0 Å². The Bertz CT molecular complexity index is 240. The Kier molecular flexibility index (Phi) is 1.81. The minimum Gasteiger partial charge on any atom is -0.297 e. The van der Waals surface area contributed by atoms with Gasteiger partial charge >= 0.3 is 0 Å². The van der Waals surface area contributed by atoms with Crippen molar-refractivity contribution >= 4 is 0 Å². The second-order valence-corrected chi connectivity index (χ2v) is 6.92. The predicted molar refractivity (Wildman–Crippen MR) is 59.2 cm³/mol. The van der Waals surface area contributed by atoms with Crippen LogP contribution in [0.5, 0.6) is 0 Å². The first-order chi connectivity index (χ1) is 6.54. The molecular formula is C13H23N. The number of nitrogens with zero attached hydrogens (tertiary/aromatic N) is 1. The Morgan fingerprint density at radius 3 is 2.57 bits per heavy atom. The van der Waals surface area contributed by atoms with Gasteiger partial charge in [0.25, 0.3) is 0 Å². The number of rotatable bonds is 1. The zero-order valence-electron chi connectivity index (χ0n) is 9.79. The van der Waals surface area contributed by atoms with Crippen LogP contribution in [0.15, 0.2) is 0 Å². The molecule has 14 heavy (non-hydrogen) atoms. The molecule has 0 spiro atoms. The van der Waals surface area contributed by atoms with Crippen LogP contribution >= 0.6 is 0 Å². The maximum Gasteiger partial charge on any atom is 0.0131 e. The molecule has 2 aliphatic heterocycles. The molecule has 4 atom stereocenters. The van der Waals surface area contributed by atoms with Gasteiger partial charge in [0.2, 0.25) is 0 Å². The fourth-order valence-corrected chi connectivity index (χ4v) is 3.91. The fraction of sp³-hybridized carbons (Fsp3) is 1.00. The van der Waals surface area contributed by atoms with Gasteiger partial charge in [-0.05, 0) is 49.5 Å². The van der Waals surface area contributed by atoms with E-state index in [0.29, 0.717) is 5.41 Å². The second kappa shape index (κ2) is 2.75.